The molecule has 3 aromatic rings. The Hall–Kier alpha value is -3.04. The van der Waals surface area contributed by atoms with E-state index >= 15 is 0 Å². The second kappa shape index (κ2) is 10.3. The number of anilines is 2. The maximum absolute atomic E-state index is 13.4. The molecule has 0 radical (unpaired) electrons. The minimum Gasteiger partial charge on any atom is -0.383 e. The molecule has 2 aliphatic heterocycles. The van der Waals surface area contributed by atoms with Gasteiger partial charge in [-0.1, -0.05) is 13.0 Å². The maximum Gasteiger partial charge on any atom is 0.313 e. The number of likely N-dealkylation sites (tertiary alicyclic amines) is 2. The Bertz CT molecular complexity index is 1360. The molecule has 38 heavy (non-hydrogen) atoms. The third-order valence-corrected chi connectivity index (χ3v) is 9.60. The zero-order valence-electron chi connectivity index (χ0n) is 22.2. The lowest BCUT2D eigenvalue weighted by molar-refractivity contribution is -0.146. The number of carbonyl (C=O) groups is 2. The summed E-state index contributed by atoms with van der Waals surface area (Å²) < 4.78 is 1.19. The number of aromatic nitrogens is 2. The van der Waals surface area contributed by atoms with Gasteiger partial charge >= 0.3 is 11.8 Å². The molecule has 6 rings (SSSR count). The quantitative estimate of drug-likeness (QED) is 0.465. The van der Waals surface area contributed by atoms with Crippen LogP contribution in [0.25, 0.3) is 10.2 Å². The summed E-state index contributed by atoms with van der Waals surface area (Å²) in [4.78, 5) is 39.9. The number of amides is 2. The van der Waals surface area contributed by atoms with E-state index in [4.69, 9.17) is 10.7 Å². The zero-order valence-corrected chi connectivity index (χ0v) is 23.0. The van der Waals surface area contributed by atoms with Gasteiger partial charge in [-0.25, -0.2) is 9.97 Å². The molecule has 3 fully saturated rings. The van der Waals surface area contributed by atoms with Crippen LogP contribution in [0.5, 0.6) is 0 Å². The van der Waals surface area contributed by atoms with E-state index in [1.807, 2.05) is 18.3 Å². The third kappa shape index (κ3) is 5.14. The smallest absolute Gasteiger partial charge is 0.313 e. The number of nitrogens with two attached hydrogens (primary N) is 1. The van der Waals surface area contributed by atoms with Crippen LogP contribution in [0.3, 0.4) is 0 Å². The van der Waals surface area contributed by atoms with Crippen molar-refractivity contribution in [2.45, 2.75) is 70.4 Å². The minimum atomic E-state index is -0.648. The summed E-state index contributed by atoms with van der Waals surface area (Å²) >= 11 is 1.81. The Balaban J connectivity index is 1.19. The van der Waals surface area contributed by atoms with Gasteiger partial charge in [0.25, 0.3) is 0 Å². The molecule has 3 aliphatic rings. The predicted octanol–water partition coefficient (Wildman–Crippen LogP) is 4.86. The lowest BCUT2D eigenvalue weighted by Crippen LogP contribution is -2.46. The highest BCUT2D eigenvalue weighted by molar-refractivity contribution is 7.18. The first-order chi connectivity index (χ1) is 18.4. The van der Waals surface area contributed by atoms with Crippen molar-refractivity contribution in [3.05, 3.63) is 46.6 Å². The zero-order chi connectivity index (χ0) is 26.4. The van der Waals surface area contributed by atoms with Crippen molar-refractivity contribution in [1.29, 1.82) is 0 Å². The largest absolute Gasteiger partial charge is 0.383 e. The summed E-state index contributed by atoms with van der Waals surface area (Å²) in [5.74, 6) is 0.111. The number of hydrogen-bond donors (Lipinski definition) is 2. The minimum absolute atomic E-state index is 0.146. The summed E-state index contributed by atoms with van der Waals surface area (Å²) in [5, 5.41) is 3.96. The van der Waals surface area contributed by atoms with Gasteiger partial charge in [0.05, 0.1) is 33.2 Å². The van der Waals surface area contributed by atoms with Crippen LogP contribution < -0.4 is 11.1 Å². The van der Waals surface area contributed by atoms with E-state index in [0.29, 0.717) is 29.9 Å². The molecule has 0 unspecified atom stereocenters. The molecule has 1 aromatic carbocycles. The van der Waals surface area contributed by atoms with Crippen LogP contribution >= 0.6 is 11.3 Å². The molecule has 9 heteroatoms. The number of carbonyl (C=O) groups excluding carboxylic acids is 2. The number of benzene rings is 1. The van der Waals surface area contributed by atoms with Crippen molar-refractivity contribution in [2.24, 2.45) is 5.92 Å². The monoisotopic (exact) mass is 532 g/mol. The number of fused-ring (bicyclic) bond motifs is 1. The van der Waals surface area contributed by atoms with Crippen LogP contribution in [0.15, 0.2) is 30.5 Å². The maximum atomic E-state index is 13.4. The van der Waals surface area contributed by atoms with Crippen molar-refractivity contribution < 1.29 is 9.59 Å². The van der Waals surface area contributed by atoms with Crippen molar-refractivity contribution in [2.75, 3.05) is 30.7 Å². The Morgan fingerprint density at radius 1 is 1.08 bits per heavy atom. The molecule has 2 aromatic heterocycles. The van der Waals surface area contributed by atoms with Crippen LogP contribution in [-0.4, -0.2) is 57.3 Å². The van der Waals surface area contributed by atoms with E-state index in [1.54, 1.807) is 11.0 Å². The normalized spacial score (nSPS) is 23.1. The van der Waals surface area contributed by atoms with Gasteiger partial charge in [-0.15, -0.1) is 11.3 Å². The molecule has 8 nitrogen and oxygen atoms in total. The molecular formula is C29H36N6O2S. The van der Waals surface area contributed by atoms with Crippen molar-refractivity contribution in [1.82, 2.24) is 19.8 Å². The molecule has 0 spiro atoms. The fraction of sp³-hybridized carbons (Fsp3) is 0.517. The summed E-state index contributed by atoms with van der Waals surface area (Å²) in [6.45, 7) is 6.87. The van der Waals surface area contributed by atoms with Crippen LogP contribution in [-0.2, 0) is 9.59 Å². The number of nitrogens with one attached hydrogen (secondary N) is 1. The van der Waals surface area contributed by atoms with Gasteiger partial charge in [0, 0.05) is 18.5 Å². The molecule has 3 N–H and O–H groups in total. The second-order valence-electron chi connectivity index (χ2n) is 11.4. The van der Waals surface area contributed by atoms with E-state index in [2.05, 4.69) is 40.3 Å². The number of nitrogen functional groups attached to an aromatic ring is 1. The van der Waals surface area contributed by atoms with Gasteiger partial charge < -0.3 is 20.9 Å². The van der Waals surface area contributed by atoms with Gasteiger partial charge in [-0.2, -0.15) is 0 Å². The fourth-order valence-electron chi connectivity index (χ4n) is 5.99. The summed E-state index contributed by atoms with van der Waals surface area (Å²) in [7, 11) is 0. The Morgan fingerprint density at radius 3 is 2.61 bits per heavy atom. The van der Waals surface area contributed by atoms with Gasteiger partial charge in [-0.3, -0.25) is 9.59 Å². The Labute approximate surface area is 227 Å². The van der Waals surface area contributed by atoms with Crippen LogP contribution in [0.4, 0.5) is 11.5 Å². The number of nitrogens with zero attached hydrogens (tertiary/aromatic N) is 4. The van der Waals surface area contributed by atoms with E-state index in [-0.39, 0.29) is 6.04 Å². The molecule has 2 atom stereocenters. The molecular weight excluding hydrogens is 496 g/mol. The Morgan fingerprint density at radius 2 is 1.87 bits per heavy atom. The highest BCUT2D eigenvalue weighted by Crippen LogP contribution is 2.39. The molecule has 1 aliphatic carbocycles. The molecule has 4 heterocycles. The number of piperidine rings is 2. The first-order valence-corrected chi connectivity index (χ1v) is 14.7. The van der Waals surface area contributed by atoms with E-state index < -0.39 is 11.8 Å². The second-order valence-corrected chi connectivity index (χ2v) is 12.4. The van der Waals surface area contributed by atoms with Crippen molar-refractivity contribution in [3.8, 4) is 0 Å². The molecule has 1 saturated carbocycles. The lowest BCUT2D eigenvalue weighted by atomic mass is 9.89. The van der Waals surface area contributed by atoms with E-state index in [9.17, 15) is 9.59 Å². The van der Waals surface area contributed by atoms with Gasteiger partial charge in [0.15, 0.2) is 0 Å². The highest BCUT2D eigenvalue weighted by atomic mass is 32.1. The fourth-order valence-corrected chi connectivity index (χ4v) is 7.10. The Kier molecular flexibility index (Phi) is 6.82. The first-order valence-electron chi connectivity index (χ1n) is 13.8. The number of thiazole rings is 1. The van der Waals surface area contributed by atoms with Crippen molar-refractivity contribution in [3.63, 3.8) is 0 Å². The summed E-state index contributed by atoms with van der Waals surface area (Å²) in [6, 6.07) is 8.83. The van der Waals surface area contributed by atoms with Gasteiger partial charge in [0.1, 0.15) is 5.82 Å². The lowest BCUT2D eigenvalue weighted by Gasteiger charge is -2.38. The average Bonchev–Trinajstić information content (AvgIpc) is 3.68. The van der Waals surface area contributed by atoms with Crippen LogP contribution in [0.2, 0.25) is 0 Å². The van der Waals surface area contributed by atoms with Crippen molar-refractivity contribution >= 4 is 44.9 Å². The topological polar surface area (TPSA) is 104 Å². The number of aryl methyl sites for hydroxylation is 1. The molecule has 2 saturated heterocycles. The standard InChI is InChI=1S/C29H36N6O2S/c1-17-3-7-24(35(16-17)29(37)27(36)32-21-13-18(2)26(30)31-15-21)20-4-8-25-23(14-20)33-28(38-25)19-9-11-34(12-10-19)22-5-6-22/h4,8,13-15,17,19,22,24H,3,5-7,9-12,16H2,1-2H3,(H2,30,31)(H,32,36)/t17-,24+/m0/s1. The first kappa shape index (κ1) is 25.2. The van der Waals surface area contributed by atoms with Gasteiger partial charge in [-0.05, 0) is 93.8 Å². The molecule has 200 valence electrons. The summed E-state index contributed by atoms with van der Waals surface area (Å²) in [6.07, 6.45) is 8.42. The van der Waals surface area contributed by atoms with Crippen LogP contribution in [0.1, 0.15) is 73.5 Å². The number of pyridine rings is 1. The number of hydrogen-bond acceptors (Lipinski definition) is 7. The van der Waals surface area contributed by atoms with Crippen LogP contribution in [0, 0.1) is 12.8 Å². The van der Waals surface area contributed by atoms with E-state index in [0.717, 1.165) is 35.5 Å². The van der Waals surface area contributed by atoms with Gasteiger partial charge in [0.2, 0.25) is 0 Å². The number of rotatable bonds is 4. The SMILES string of the molecule is Cc1cc(NC(=O)C(=O)N2C[C@@H](C)CC[C@@H]2c2ccc3sc(C4CCN(C5CC5)CC4)nc3c2)cnc1N. The van der Waals surface area contributed by atoms with E-state index in [1.165, 1.54) is 54.7 Å². The predicted molar refractivity (Wildman–Crippen MR) is 151 cm³/mol. The summed E-state index contributed by atoms with van der Waals surface area (Å²) in [5.41, 5.74) is 9.07. The third-order valence-electron chi connectivity index (χ3n) is 8.40. The molecule has 2 amide bonds. The molecule has 0 bridgehead atoms. The highest BCUT2D eigenvalue weighted by Gasteiger charge is 2.35. The average molecular weight is 533 g/mol.